The molecule has 4 aromatic carbocycles. The second-order valence-corrected chi connectivity index (χ2v) is 20.2. The molecule has 0 bridgehead atoms. The molecule has 22 heteroatoms. The smallest absolute Gasteiger partial charge is 0.350 e. The number of aromatic nitrogens is 6. The highest BCUT2D eigenvalue weighted by atomic mass is 35.5. The summed E-state index contributed by atoms with van der Waals surface area (Å²) in [5.74, 6) is 0.950. The van der Waals surface area contributed by atoms with Crippen molar-refractivity contribution in [1.82, 2.24) is 38.9 Å². The maximum atomic E-state index is 14.5. The number of nitrogens with zero attached hydrogens (tertiary/aromatic N) is 11. The molecule has 0 spiro atoms. The summed E-state index contributed by atoms with van der Waals surface area (Å²) in [6.07, 6.45) is 3.64. The van der Waals surface area contributed by atoms with Crippen molar-refractivity contribution in [3.05, 3.63) is 144 Å². The van der Waals surface area contributed by atoms with E-state index in [0.717, 1.165) is 63.7 Å². The molecule has 0 amide bonds. The third-order valence-electron chi connectivity index (χ3n) is 12.1. The lowest BCUT2D eigenvalue weighted by molar-refractivity contribution is -0.138. The van der Waals surface area contributed by atoms with Crippen LogP contribution in [0.1, 0.15) is 24.2 Å². The van der Waals surface area contributed by atoms with Gasteiger partial charge in [-0.3, -0.25) is 9.36 Å². The highest BCUT2D eigenvalue weighted by Crippen LogP contribution is 2.35. The molecular weight excluding hydrogens is 1060 g/mol. The average Bonchev–Trinajstić information content (AvgIpc) is 3.99. The van der Waals surface area contributed by atoms with Gasteiger partial charge in [-0.2, -0.15) is 5.26 Å². The summed E-state index contributed by atoms with van der Waals surface area (Å²) in [4.78, 5) is 52.0. The molecule has 0 unspecified atom stereocenters. The SMILES string of the molecule is CCOC(=O)C(C#N)=C(SC)SC.CCOC(=O)c1c(N2CCN(C)CC2)nn(-c2ccccc2)c1N.CN1CCN(c2nn(-c3ccccc3)c3nc(-c4ccc(Cl)cc4Cl)n(-c4ccc(Cl)cc4)c(=O)c23)CC1. The standard InChI is InChI=1S/C28H23Cl3N6O.C17H23N5O2.C8H11NO2S2/c1-34-13-15-35(16-14-34)27-24-26(37(33-27)21-5-3-2-4-6-21)32-25(22-12-9-19(30)17-23(22)31)36(28(24)38)20-10-7-18(29)8-11-20;1-3-24-17(23)14-15(18)22(13-7-5-4-6-8-13)19-16(14)21-11-9-20(2)10-12-21;1-4-11-7(10)6(5-9)8(12-2)13-3/h2-12,17H,13-16H2,1H3;4-8H,3,9-12,18H2,1-2H3;4H2,1-3H3. The Labute approximate surface area is 459 Å². The summed E-state index contributed by atoms with van der Waals surface area (Å²) in [6.45, 7) is 10.8. The van der Waals surface area contributed by atoms with Crippen LogP contribution >= 0.6 is 58.3 Å². The minimum atomic E-state index is -0.538. The monoisotopic (exact) mass is 1110 g/mol. The number of nitrogens with two attached hydrogens (primary N) is 1. The van der Waals surface area contributed by atoms with Crippen LogP contribution in [0.5, 0.6) is 0 Å². The van der Waals surface area contributed by atoms with Gasteiger partial charge in [-0.05, 0) is 107 Å². The van der Waals surface area contributed by atoms with Crippen LogP contribution in [0.15, 0.2) is 118 Å². The zero-order valence-corrected chi connectivity index (χ0v) is 46.3. The lowest BCUT2D eigenvalue weighted by Gasteiger charge is -2.32. The maximum Gasteiger partial charge on any atom is 0.350 e. The number of piperazine rings is 2. The van der Waals surface area contributed by atoms with Crippen LogP contribution in [0.3, 0.4) is 0 Å². The molecule has 0 saturated carbocycles. The third kappa shape index (κ3) is 13.1. The van der Waals surface area contributed by atoms with Crippen LogP contribution in [0.2, 0.25) is 15.1 Å². The average molecular weight is 1110 g/mol. The molecule has 0 radical (unpaired) electrons. The van der Waals surface area contributed by atoms with Gasteiger partial charge >= 0.3 is 11.9 Å². The largest absolute Gasteiger partial charge is 0.462 e. The summed E-state index contributed by atoms with van der Waals surface area (Å²) in [5.41, 5.74) is 9.75. The van der Waals surface area contributed by atoms with Crippen molar-refractivity contribution in [3.63, 3.8) is 0 Å². The van der Waals surface area contributed by atoms with Crippen molar-refractivity contribution in [3.8, 4) is 34.5 Å². The lowest BCUT2D eigenvalue weighted by Crippen LogP contribution is -2.45. The number of likely N-dealkylation sites (N-methyl/N-ethyl adjacent to an activating group) is 2. The molecule has 2 saturated heterocycles. The third-order valence-corrected chi connectivity index (χ3v) is 15.0. The van der Waals surface area contributed by atoms with E-state index in [0.29, 0.717) is 83.6 Å². The summed E-state index contributed by atoms with van der Waals surface area (Å²) < 4.78 is 15.6. The number of nitriles is 1. The molecular formula is C53H57Cl3N12O5S2. The van der Waals surface area contributed by atoms with Gasteiger partial charge in [0, 0.05) is 68.0 Å². The Bertz CT molecular complexity index is 3240. The van der Waals surface area contributed by atoms with Gasteiger partial charge in [0.2, 0.25) is 0 Å². The Balaban J connectivity index is 0.000000189. The first-order valence-electron chi connectivity index (χ1n) is 23.9. The van der Waals surface area contributed by atoms with E-state index >= 15 is 0 Å². The van der Waals surface area contributed by atoms with Crippen LogP contribution in [0, 0.1) is 11.3 Å². The molecule has 5 heterocycles. The Morgan fingerprint density at radius 3 is 1.73 bits per heavy atom. The van der Waals surface area contributed by atoms with Gasteiger partial charge in [-0.15, -0.1) is 33.7 Å². The number of anilines is 3. The summed E-state index contributed by atoms with van der Waals surface area (Å²) in [5, 5.41) is 20.2. The lowest BCUT2D eigenvalue weighted by atomic mass is 10.1. The number of fused-ring (bicyclic) bond motifs is 1. The molecule has 2 aliphatic heterocycles. The number of thioether (sulfide) groups is 2. The summed E-state index contributed by atoms with van der Waals surface area (Å²) in [7, 11) is 4.18. The number of carbonyl (C=O) groups is 2. The number of rotatable bonds is 12. The fourth-order valence-corrected chi connectivity index (χ4v) is 10.2. The first kappa shape index (κ1) is 56.2. The number of carbonyl (C=O) groups excluding carboxylic acids is 2. The summed E-state index contributed by atoms with van der Waals surface area (Å²) >= 11 is 21.8. The fourth-order valence-electron chi connectivity index (χ4n) is 8.21. The Kier molecular flexibility index (Phi) is 19.7. The minimum absolute atomic E-state index is 0.0989. The number of para-hydroxylation sites is 2. The normalized spacial score (nSPS) is 13.8. The van der Waals surface area contributed by atoms with Crippen LogP contribution < -0.4 is 21.1 Å². The van der Waals surface area contributed by atoms with E-state index in [1.54, 1.807) is 70.2 Å². The molecule has 2 fully saturated rings. The zero-order valence-electron chi connectivity index (χ0n) is 42.4. The number of esters is 2. The number of nitrogen functional groups attached to an aromatic ring is 1. The van der Waals surface area contributed by atoms with E-state index in [2.05, 4.69) is 38.8 Å². The van der Waals surface area contributed by atoms with Crippen LogP contribution in [-0.2, 0) is 14.3 Å². The number of benzene rings is 4. The Morgan fingerprint density at radius 2 is 1.21 bits per heavy atom. The molecule has 17 nitrogen and oxygen atoms in total. The van der Waals surface area contributed by atoms with Crippen molar-refractivity contribution >= 4 is 98.8 Å². The van der Waals surface area contributed by atoms with Gasteiger partial charge in [-0.1, -0.05) is 71.2 Å². The highest BCUT2D eigenvalue weighted by Gasteiger charge is 2.30. The van der Waals surface area contributed by atoms with Gasteiger partial charge in [0.1, 0.15) is 22.8 Å². The Hall–Kier alpha value is -6.50. The van der Waals surface area contributed by atoms with Crippen molar-refractivity contribution < 1.29 is 19.1 Å². The zero-order chi connectivity index (χ0) is 53.8. The van der Waals surface area contributed by atoms with Gasteiger partial charge < -0.3 is 34.8 Å². The quantitative estimate of drug-likeness (QED) is 0.0692. The number of hydrogen-bond acceptors (Lipinski definition) is 16. The van der Waals surface area contributed by atoms with Crippen LogP contribution in [0.4, 0.5) is 17.5 Å². The van der Waals surface area contributed by atoms with Crippen molar-refractivity contribution in [2.75, 3.05) is 108 Å². The van der Waals surface area contributed by atoms with Gasteiger partial charge in [0.25, 0.3) is 5.56 Å². The molecule has 7 aromatic rings. The van der Waals surface area contributed by atoms with E-state index in [9.17, 15) is 14.4 Å². The van der Waals surface area contributed by atoms with Gasteiger partial charge in [0.05, 0.1) is 39.5 Å². The molecule has 9 rings (SSSR count). The van der Waals surface area contributed by atoms with Crippen molar-refractivity contribution in [2.45, 2.75) is 13.8 Å². The molecule has 75 heavy (non-hydrogen) atoms. The minimum Gasteiger partial charge on any atom is -0.462 e. The van der Waals surface area contributed by atoms with Gasteiger partial charge in [-0.25, -0.2) is 23.9 Å². The topological polar surface area (TPSA) is 186 Å². The molecule has 2 N–H and O–H groups in total. The van der Waals surface area contributed by atoms with Crippen LogP contribution in [0.25, 0.3) is 39.5 Å². The molecule has 2 aliphatic rings. The molecule has 3 aromatic heterocycles. The first-order chi connectivity index (χ1) is 36.2. The number of hydrogen-bond donors (Lipinski definition) is 1. The predicted octanol–water partition coefficient (Wildman–Crippen LogP) is 9.34. The van der Waals surface area contributed by atoms with Crippen molar-refractivity contribution in [2.24, 2.45) is 0 Å². The Morgan fingerprint density at radius 1 is 0.693 bits per heavy atom. The molecule has 392 valence electrons. The van der Waals surface area contributed by atoms with E-state index in [4.69, 9.17) is 65.4 Å². The van der Waals surface area contributed by atoms with Crippen molar-refractivity contribution in [1.29, 1.82) is 5.26 Å². The second-order valence-electron chi connectivity index (χ2n) is 17.0. The van der Waals surface area contributed by atoms with E-state index in [1.165, 1.54) is 23.5 Å². The number of ether oxygens (including phenoxy) is 2. The molecule has 0 atom stereocenters. The second kappa shape index (κ2) is 26.3. The molecule has 0 aliphatic carbocycles. The van der Waals surface area contributed by atoms with Crippen LogP contribution in [-0.4, -0.2) is 143 Å². The van der Waals surface area contributed by atoms with Gasteiger partial charge in [0.15, 0.2) is 28.7 Å². The fraction of sp³-hybridized carbons (Fsp3) is 0.302. The highest BCUT2D eigenvalue weighted by molar-refractivity contribution is 8.21. The maximum absolute atomic E-state index is 14.5. The van der Waals surface area contributed by atoms with E-state index in [-0.39, 0.29) is 11.1 Å². The summed E-state index contributed by atoms with van der Waals surface area (Å²) in [6, 6.07) is 33.4. The predicted molar refractivity (Wildman–Crippen MR) is 305 cm³/mol. The number of halogens is 3. The first-order valence-corrected chi connectivity index (χ1v) is 27.5. The van der Waals surface area contributed by atoms with E-state index < -0.39 is 11.9 Å². The van der Waals surface area contributed by atoms with E-state index in [1.807, 2.05) is 79.2 Å².